The van der Waals surface area contributed by atoms with Crippen LogP contribution in [0.4, 0.5) is 13.2 Å². The van der Waals surface area contributed by atoms with Crippen LogP contribution in [0.3, 0.4) is 0 Å². The van der Waals surface area contributed by atoms with Crippen LogP contribution < -0.4 is 0 Å². The lowest BCUT2D eigenvalue weighted by Gasteiger charge is -2.35. The van der Waals surface area contributed by atoms with Gasteiger partial charge in [0.25, 0.3) is 0 Å². The van der Waals surface area contributed by atoms with Crippen molar-refractivity contribution in [3.05, 3.63) is 0 Å². The van der Waals surface area contributed by atoms with Crippen molar-refractivity contribution in [3.63, 3.8) is 0 Å². The van der Waals surface area contributed by atoms with Gasteiger partial charge in [-0.05, 0) is 25.7 Å². The summed E-state index contributed by atoms with van der Waals surface area (Å²) in [6, 6.07) is 0. The molecule has 0 saturated carbocycles. The number of carbonyl (C=O) groups excluding carboxylic acids is 2. The monoisotopic (exact) mass is 308 g/mol. The molecule has 1 aliphatic heterocycles. The van der Waals surface area contributed by atoms with E-state index in [9.17, 15) is 22.8 Å². The second kappa shape index (κ2) is 7.66. The van der Waals surface area contributed by atoms with Crippen LogP contribution in [0.2, 0.25) is 0 Å². The number of alkyl halides is 3. The van der Waals surface area contributed by atoms with E-state index in [1.165, 1.54) is 0 Å². The molecule has 1 rings (SSSR count). The minimum Gasteiger partial charge on any atom is -0.342 e. The summed E-state index contributed by atoms with van der Waals surface area (Å²) in [5.41, 5.74) is 0. The third kappa shape index (κ3) is 4.89. The Morgan fingerprint density at radius 2 is 1.76 bits per heavy atom. The average Bonchev–Trinajstić information content (AvgIpc) is 2.44. The molecule has 4 nitrogen and oxygen atoms in total. The fraction of sp³-hybridized carbons (Fsp3) is 0.857. The molecule has 0 spiro atoms. The van der Waals surface area contributed by atoms with Crippen molar-refractivity contribution in [1.82, 2.24) is 9.80 Å². The van der Waals surface area contributed by atoms with Crippen LogP contribution in [0.25, 0.3) is 0 Å². The Hall–Kier alpha value is -1.27. The molecule has 0 aliphatic carbocycles. The third-order valence-corrected chi connectivity index (χ3v) is 3.60. The molecule has 1 aliphatic rings. The number of piperidine rings is 1. The first kappa shape index (κ1) is 17.8. The quantitative estimate of drug-likeness (QED) is 0.782. The van der Waals surface area contributed by atoms with Crippen molar-refractivity contribution in [3.8, 4) is 0 Å². The summed E-state index contributed by atoms with van der Waals surface area (Å²) >= 11 is 0. The Balaban J connectivity index is 2.70. The third-order valence-electron chi connectivity index (χ3n) is 3.60. The van der Waals surface area contributed by atoms with Gasteiger partial charge in [-0.3, -0.25) is 9.59 Å². The maximum absolute atomic E-state index is 12.5. The van der Waals surface area contributed by atoms with E-state index in [1.807, 2.05) is 13.8 Å². The highest BCUT2D eigenvalue weighted by Gasteiger charge is 2.44. The van der Waals surface area contributed by atoms with Crippen molar-refractivity contribution in [2.24, 2.45) is 5.92 Å². The van der Waals surface area contributed by atoms with Gasteiger partial charge in [-0.1, -0.05) is 13.8 Å². The van der Waals surface area contributed by atoms with E-state index in [4.69, 9.17) is 0 Å². The fourth-order valence-electron chi connectivity index (χ4n) is 2.67. The highest BCUT2D eigenvalue weighted by Crippen LogP contribution is 2.25. The van der Waals surface area contributed by atoms with Gasteiger partial charge in [0.05, 0.1) is 5.92 Å². The Kier molecular flexibility index (Phi) is 6.48. The Morgan fingerprint density at radius 3 is 2.24 bits per heavy atom. The predicted octanol–water partition coefficient (Wildman–Crippen LogP) is 2.44. The van der Waals surface area contributed by atoms with Gasteiger partial charge in [-0.25, -0.2) is 0 Å². The number of likely N-dealkylation sites (tertiary alicyclic amines) is 1. The van der Waals surface area contributed by atoms with E-state index in [0.29, 0.717) is 25.9 Å². The van der Waals surface area contributed by atoms with E-state index in [0.717, 1.165) is 17.7 Å². The second-order valence-corrected chi connectivity index (χ2v) is 5.41. The maximum atomic E-state index is 12.5. The van der Waals surface area contributed by atoms with Crippen LogP contribution in [0.1, 0.15) is 39.5 Å². The summed E-state index contributed by atoms with van der Waals surface area (Å²) in [4.78, 5) is 26.2. The van der Waals surface area contributed by atoms with Gasteiger partial charge in [0.2, 0.25) is 5.91 Å². The summed E-state index contributed by atoms with van der Waals surface area (Å²) in [7, 11) is 0. The predicted molar refractivity (Wildman–Crippen MR) is 72.5 cm³/mol. The molecule has 1 unspecified atom stereocenters. The number of amides is 2. The second-order valence-electron chi connectivity index (χ2n) is 5.41. The van der Waals surface area contributed by atoms with Gasteiger partial charge in [0.15, 0.2) is 0 Å². The van der Waals surface area contributed by atoms with Crippen LogP contribution in [0.5, 0.6) is 0 Å². The first-order valence-electron chi connectivity index (χ1n) is 7.46. The molecule has 2 amide bonds. The molecule has 0 aromatic heterocycles. The lowest BCUT2D eigenvalue weighted by Crippen LogP contribution is -2.50. The average molecular weight is 308 g/mol. The number of carbonyl (C=O) groups is 2. The van der Waals surface area contributed by atoms with E-state index in [1.54, 1.807) is 4.90 Å². The van der Waals surface area contributed by atoms with Gasteiger partial charge in [-0.2, -0.15) is 13.2 Å². The summed E-state index contributed by atoms with van der Waals surface area (Å²) in [6.45, 7) is 5.07. The van der Waals surface area contributed by atoms with E-state index >= 15 is 0 Å². The van der Waals surface area contributed by atoms with Crippen LogP contribution in [-0.4, -0.2) is 54.0 Å². The van der Waals surface area contributed by atoms with Crippen LogP contribution in [-0.2, 0) is 9.59 Å². The molecule has 0 N–H and O–H groups in total. The normalized spacial score (nSPS) is 19.5. The number of hydrogen-bond acceptors (Lipinski definition) is 2. The molecule has 0 bridgehead atoms. The maximum Gasteiger partial charge on any atom is 0.471 e. The molecule has 0 aromatic rings. The zero-order valence-electron chi connectivity index (χ0n) is 12.6. The van der Waals surface area contributed by atoms with Crippen LogP contribution in [0.15, 0.2) is 0 Å². The molecular weight excluding hydrogens is 285 g/mol. The lowest BCUT2D eigenvalue weighted by atomic mass is 9.96. The standard InChI is InChI=1S/C14H23F3N2O2/c1-3-7-18(8-4-2)12(20)11-6-5-9-19(10-11)13(21)14(15,16)17/h11H,3-10H2,1-2H3. The fourth-order valence-corrected chi connectivity index (χ4v) is 2.67. The SMILES string of the molecule is CCCN(CCC)C(=O)C1CCCN(C(=O)C(F)(F)F)C1. The summed E-state index contributed by atoms with van der Waals surface area (Å²) in [5, 5.41) is 0. The largest absolute Gasteiger partial charge is 0.471 e. The molecule has 1 fully saturated rings. The minimum absolute atomic E-state index is 0.0731. The highest BCUT2D eigenvalue weighted by atomic mass is 19.4. The first-order valence-corrected chi connectivity index (χ1v) is 7.46. The lowest BCUT2D eigenvalue weighted by molar-refractivity contribution is -0.187. The molecule has 0 radical (unpaired) electrons. The Labute approximate surface area is 123 Å². The summed E-state index contributed by atoms with van der Waals surface area (Å²) in [5.74, 6) is -2.47. The van der Waals surface area contributed by atoms with Crippen molar-refractivity contribution >= 4 is 11.8 Å². The minimum atomic E-state index is -4.86. The van der Waals surface area contributed by atoms with Crippen molar-refractivity contribution in [1.29, 1.82) is 0 Å². The summed E-state index contributed by atoms with van der Waals surface area (Å²) in [6.07, 6.45) is -2.26. The Morgan fingerprint density at radius 1 is 1.19 bits per heavy atom. The molecule has 21 heavy (non-hydrogen) atoms. The molecule has 1 saturated heterocycles. The van der Waals surface area contributed by atoms with E-state index in [2.05, 4.69) is 0 Å². The first-order chi connectivity index (χ1) is 9.81. The molecule has 1 heterocycles. The van der Waals surface area contributed by atoms with Crippen molar-refractivity contribution < 1.29 is 22.8 Å². The molecule has 122 valence electrons. The highest BCUT2D eigenvalue weighted by molar-refractivity contribution is 5.84. The molecule has 7 heteroatoms. The Bertz CT molecular complexity index is 366. The van der Waals surface area contributed by atoms with Gasteiger partial charge >= 0.3 is 12.1 Å². The molecular formula is C14H23F3N2O2. The zero-order chi connectivity index (χ0) is 16.0. The van der Waals surface area contributed by atoms with Gasteiger partial charge in [-0.15, -0.1) is 0 Å². The molecule has 0 aromatic carbocycles. The van der Waals surface area contributed by atoms with Crippen LogP contribution in [0, 0.1) is 5.92 Å². The van der Waals surface area contributed by atoms with Crippen molar-refractivity contribution in [2.75, 3.05) is 26.2 Å². The topological polar surface area (TPSA) is 40.6 Å². The number of halogens is 3. The van der Waals surface area contributed by atoms with Crippen molar-refractivity contribution in [2.45, 2.75) is 45.7 Å². The van der Waals surface area contributed by atoms with Gasteiger partial charge in [0, 0.05) is 26.2 Å². The molecule has 1 atom stereocenters. The summed E-state index contributed by atoms with van der Waals surface area (Å²) < 4.78 is 37.4. The van der Waals surface area contributed by atoms with E-state index in [-0.39, 0.29) is 19.0 Å². The number of nitrogens with zero attached hydrogens (tertiary/aromatic N) is 2. The number of hydrogen-bond donors (Lipinski definition) is 0. The van der Waals surface area contributed by atoms with Gasteiger partial charge < -0.3 is 9.80 Å². The van der Waals surface area contributed by atoms with Crippen LogP contribution >= 0.6 is 0 Å². The number of rotatable bonds is 5. The smallest absolute Gasteiger partial charge is 0.342 e. The van der Waals surface area contributed by atoms with E-state index < -0.39 is 18.0 Å². The zero-order valence-corrected chi connectivity index (χ0v) is 12.6. The van der Waals surface area contributed by atoms with Gasteiger partial charge in [0.1, 0.15) is 0 Å².